The summed E-state index contributed by atoms with van der Waals surface area (Å²) in [6, 6.07) is 9.92. The predicted octanol–water partition coefficient (Wildman–Crippen LogP) is 2.98. The molecule has 0 N–H and O–H groups in total. The lowest BCUT2D eigenvalue weighted by atomic mass is 10.1. The molecule has 2 heterocycles. The molecule has 1 aromatic carbocycles. The van der Waals surface area contributed by atoms with Gasteiger partial charge in [-0.3, -0.25) is 9.78 Å². The van der Waals surface area contributed by atoms with Crippen LogP contribution in [0.15, 0.2) is 36.5 Å². The number of halogens is 1. The first-order valence-electron chi connectivity index (χ1n) is 5.99. The van der Waals surface area contributed by atoms with Crippen molar-refractivity contribution in [2.24, 2.45) is 5.92 Å². The zero-order valence-electron chi connectivity index (χ0n) is 9.84. The van der Waals surface area contributed by atoms with Gasteiger partial charge in [-0.2, -0.15) is 0 Å². The van der Waals surface area contributed by atoms with Gasteiger partial charge in [0.05, 0.1) is 11.2 Å². The molecule has 0 spiro atoms. The molecule has 2 aromatic rings. The molecule has 1 aromatic heterocycles. The molecule has 92 valence electrons. The van der Waals surface area contributed by atoms with E-state index in [4.69, 9.17) is 0 Å². The quantitative estimate of drug-likeness (QED) is 0.799. The van der Waals surface area contributed by atoms with Crippen LogP contribution in [0.1, 0.15) is 6.42 Å². The van der Waals surface area contributed by atoms with Gasteiger partial charge >= 0.3 is 0 Å². The van der Waals surface area contributed by atoms with Gasteiger partial charge in [-0.1, -0.05) is 34.1 Å². The minimum Gasteiger partial charge on any atom is -0.310 e. The number of benzene rings is 1. The number of aromatic nitrogens is 1. The maximum absolute atomic E-state index is 12.1. The highest BCUT2D eigenvalue weighted by atomic mass is 79.9. The molecule has 4 heteroatoms. The summed E-state index contributed by atoms with van der Waals surface area (Å²) in [4.78, 5) is 18.3. The lowest BCUT2D eigenvalue weighted by Crippen LogP contribution is -2.25. The van der Waals surface area contributed by atoms with Crippen molar-refractivity contribution in [1.29, 1.82) is 0 Å². The molecule has 1 amide bonds. The lowest BCUT2D eigenvalue weighted by molar-refractivity contribution is -0.117. The van der Waals surface area contributed by atoms with Crippen molar-refractivity contribution in [2.75, 3.05) is 16.8 Å². The van der Waals surface area contributed by atoms with Gasteiger partial charge in [-0.15, -0.1) is 0 Å². The van der Waals surface area contributed by atoms with E-state index in [0.29, 0.717) is 12.3 Å². The number of hydrogen-bond donors (Lipinski definition) is 0. The first-order chi connectivity index (χ1) is 8.79. The third kappa shape index (κ3) is 1.90. The number of carbonyl (C=O) groups is 1. The van der Waals surface area contributed by atoms with Crippen LogP contribution in [0.2, 0.25) is 0 Å². The van der Waals surface area contributed by atoms with Crippen molar-refractivity contribution in [2.45, 2.75) is 6.42 Å². The van der Waals surface area contributed by atoms with Crippen molar-refractivity contribution in [3.63, 3.8) is 0 Å². The lowest BCUT2D eigenvalue weighted by Gasteiger charge is -2.17. The summed E-state index contributed by atoms with van der Waals surface area (Å²) < 4.78 is 0. The number of amides is 1. The van der Waals surface area contributed by atoms with Crippen molar-refractivity contribution < 1.29 is 4.79 Å². The van der Waals surface area contributed by atoms with E-state index in [0.717, 1.165) is 28.5 Å². The monoisotopic (exact) mass is 304 g/mol. The van der Waals surface area contributed by atoms with Crippen LogP contribution in [0, 0.1) is 5.92 Å². The van der Waals surface area contributed by atoms with Crippen molar-refractivity contribution >= 4 is 38.4 Å². The summed E-state index contributed by atoms with van der Waals surface area (Å²) in [5.41, 5.74) is 1.84. The molecule has 1 aliphatic rings. The number of anilines is 1. The Morgan fingerprint density at radius 2 is 2.17 bits per heavy atom. The van der Waals surface area contributed by atoms with Crippen LogP contribution in [0.25, 0.3) is 10.9 Å². The maximum Gasteiger partial charge on any atom is 0.227 e. The zero-order valence-corrected chi connectivity index (χ0v) is 11.4. The number of carbonyl (C=O) groups excluding carboxylic acids is 1. The average Bonchev–Trinajstić information content (AvgIpc) is 2.79. The van der Waals surface area contributed by atoms with E-state index in [1.54, 1.807) is 6.20 Å². The SMILES string of the molecule is O=C1CC(CBr)CN1c1cccc2cccnc12. The normalized spacial score (nSPS) is 19.7. The Bertz CT molecular complexity index is 594. The molecule has 1 unspecified atom stereocenters. The van der Waals surface area contributed by atoms with Gasteiger partial charge in [0, 0.05) is 29.9 Å². The third-order valence-electron chi connectivity index (χ3n) is 3.33. The van der Waals surface area contributed by atoms with Crippen LogP contribution in [-0.4, -0.2) is 22.8 Å². The summed E-state index contributed by atoms with van der Waals surface area (Å²) in [6.07, 6.45) is 2.39. The smallest absolute Gasteiger partial charge is 0.227 e. The summed E-state index contributed by atoms with van der Waals surface area (Å²) in [7, 11) is 0. The Kier molecular flexibility index (Phi) is 3.04. The van der Waals surface area contributed by atoms with Gasteiger partial charge in [-0.25, -0.2) is 0 Å². The Hall–Kier alpha value is -1.42. The van der Waals surface area contributed by atoms with E-state index in [9.17, 15) is 4.79 Å². The van der Waals surface area contributed by atoms with Crippen LogP contribution in [-0.2, 0) is 4.79 Å². The average molecular weight is 305 g/mol. The standard InChI is InChI=1S/C14H13BrN2O/c15-8-10-7-13(18)17(9-10)12-5-1-3-11-4-2-6-16-14(11)12/h1-6,10H,7-9H2. The summed E-state index contributed by atoms with van der Waals surface area (Å²) in [5.74, 6) is 0.592. The van der Waals surface area contributed by atoms with Crippen molar-refractivity contribution in [3.05, 3.63) is 36.5 Å². The summed E-state index contributed by atoms with van der Waals surface area (Å²) >= 11 is 3.46. The molecule has 0 bridgehead atoms. The van der Waals surface area contributed by atoms with E-state index in [-0.39, 0.29) is 5.91 Å². The Morgan fingerprint density at radius 3 is 2.94 bits per heavy atom. The highest BCUT2D eigenvalue weighted by Gasteiger charge is 2.30. The molecule has 0 saturated carbocycles. The Morgan fingerprint density at radius 1 is 1.33 bits per heavy atom. The van der Waals surface area contributed by atoms with E-state index in [2.05, 4.69) is 20.9 Å². The minimum absolute atomic E-state index is 0.192. The van der Waals surface area contributed by atoms with E-state index in [1.165, 1.54) is 0 Å². The molecule has 1 aliphatic heterocycles. The van der Waals surface area contributed by atoms with Gasteiger partial charge in [0.2, 0.25) is 5.91 Å². The van der Waals surface area contributed by atoms with Gasteiger partial charge in [0.1, 0.15) is 0 Å². The largest absolute Gasteiger partial charge is 0.310 e. The minimum atomic E-state index is 0.192. The van der Waals surface area contributed by atoms with E-state index < -0.39 is 0 Å². The number of nitrogens with zero attached hydrogens (tertiary/aromatic N) is 2. The molecular weight excluding hydrogens is 292 g/mol. The molecule has 1 fully saturated rings. The van der Waals surface area contributed by atoms with Crippen LogP contribution < -0.4 is 4.90 Å². The van der Waals surface area contributed by atoms with Crippen LogP contribution in [0.4, 0.5) is 5.69 Å². The first kappa shape index (κ1) is 11.7. The summed E-state index contributed by atoms with van der Waals surface area (Å²) in [6.45, 7) is 0.778. The fraction of sp³-hybridized carbons (Fsp3) is 0.286. The van der Waals surface area contributed by atoms with Gasteiger partial charge in [0.25, 0.3) is 0 Å². The van der Waals surface area contributed by atoms with Crippen LogP contribution in [0.3, 0.4) is 0 Å². The van der Waals surface area contributed by atoms with Crippen molar-refractivity contribution in [3.8, 4) is 0 Å². The van der Waals surface area contributed by atoms with Gasteiger partial charge < -0.3 is 4.90 Å². The van der Waals surface area contributed by atoms with Crippen LogP contribution >= 0.6 is 15.9 Å². The maximum atomic E-state index is 12.1. The van der Waals surface area contributed by atoms with Gasteiger partial charge in [0.15, 0.2) is 0 Å². The first-order valence-corrected chi connectivity index (χ1v) is 7.12. The fourth-order valence-corrected chi connectivity index (χ4v) is 2.86. The van der Waals surface area contributed by atoms with Crippen LogP contribution in [0.5, 0.6) is 0 Å². The number of para-hydroxylation sites is 1. The number of hydrogen-bond acceptors (Lipinski definition) is 2. The molecule has 18 heavy (non-hydrogen) atoms. The Balaban J connectivity index is 2.07. The number of pyridine rings is 1. The highest BCUT2D eigenvalue weighted by Crippen LogP contribution is 2.30. The van der Waals surface area contributed by atoms with Crippen molar-refractivity contribution in [1.82, 2.24) is 4.98 Å². The Labute approximate surface area is 114 Å². The summed E-state index contributed by atoms with van der Waals surface area (Å²) in [5, 5.41) is 1.94. The predicted molar refractivity (Wildman–Crippen MR) is 76.0 cm³/mol. The molecule has 0 aliphatic carbocycles. The second-order valence-electron chi connectivity index (χ2n) is 4.58. The molecular formula is C14H13BrN2O. The zero-order chi connectivity index (χ0) is 12.5. The molecule has 3 rings (SSSR count). The second kappa shape index (κ2) is 4.69. The number of alkyl halides is 1. The molecule has 3 nitrogen and oxygen atoms in total. The fourth-order valence-electron chi connectivity index (χ4n) is 2.42. The third-order valence-corrected chi connectivity index (χ3v) is 4.24. The number of rotatable bonds is 2. The topological polar surface area (TPSA) is 33.2 Å². The van der Waals surface area contributed by atoms with E-state index >= 15 is 0 Å². The van der Waals surface area contributed by atoms with E-state index in [1.807, 2.05) is 35.2 Å². The molecule has 0 radical (unpaired) electrons. The molecule has 1 atom stereocenters. The second-order valence-corrected chi connectivity index (χ2v) is 5.23. The van der Waals surface area contributed by atoms with Gasteiger partial charge in [-0.05, 0) is 18.1 Å². The number of fused-ring (bicyclic) bond motifs is 1. The molecule has 1 saturated heterocycles. The highest BCUT2D eigenvalue weighted by molar-refractivity contribution is 9.09.